The molecule has 18 heavy (non-hydrogen) atoms. The maximum absolute atomic E-state index is 9.20. The average Bonchev–Trinajstić information content (AvgIpc) is 2.37. The quantitative estimate of drug-likeness (QED) is 0.599. The smallest absolute Gasteiger partial charge is 0.100 e. The molecule has 0 aromatic heterocycles. The third kappa shape index (κ3) is 5.12. The highest BCUT2D eigenvalue weighted by atomic mass is 32.2. The fourth-order valence-corrected chi connectivity index (χ4v) is 2.50. The maximum atomic E-state index is 9.20. The van der Waals surface area contributed by atoms with Gasteiger partial charge in [0, 0.05) is 17.2 Å². The van der Waals surface area contributed by atoms with E-state index in [4.69, 9.17) is 0 Å². The van der Waals surface area contributed by atoms with E-state index in [1.54, 1.807) is 11.8 Å². The van der Waals surface area contributed by atoms with Crippen LogP contribution in [-0.4, -0.2) is 12.3 Å². The minimum Gasteiger partial charge on any atom is -0.313 e. The molecule has 2 nitrogen and oxygen atoms in total. The molecular formula is C15H22N2S. The van der Waals surface area contributed by atoms with E-state index in [0.29, 0.717) is 5.92 Å². The van der Waals surface area contributed by atoms with E-state index in [0.717, 1.165) is 35.7 Å². The largest absolute Gasteiger partial charge is 0.313 e. The Kier molecular flexibility index (Phi) is 6.85. The van der Waals surface area contributed by atoms with Gasteiger partial charge in [0.1, 0.15) is 6.07 Å². The van der Waals surface area contributed by atoms with Gasteiger partial charge in [-0.05, 0) is 36.6 Å². The molecule has 0 atom stereocenters. The Morgan fingerprint density at radius 2 is 2.17 bits per heavy atom. The summed E-state index contributed by atoms with van der Waals surface area (Å²) in [6, 6.07) is 8.50. The number of hydrogen-bond acceptors (Lipinski definition) is 3. The summed E-state index contributed by atoms with van der Waals surface area (Å²) in [6.07, 6.45) is 1.13. The minimum atomic E-state index is 0.646. The Hall–Kier alpha value is -0.980. The van der Waals surface area contributed by atoms with Crippen LogP contribution in [0.25, 0.3) is 0 Å². The van der Waals surface area contributed by atoms with Crippen LogP contribution in [0, 0.1) is 17.2 Å². The number of nitriles is 1. The summed E-state index contributed by atoms with van der Waals surface area (Å²) in [5, 5.41) is 12.6. The van der Waals surface area contributed by atoms with Crippen LogP contribution in [0.2, 0.25) is 0 Å². The predicted octanol–water partition coefficient (Wildman–Crippen LogP) is 3.81. The first kappa shape index (κ1) is 15.1. The topological polar surface area (TPSA) is 35.8 Å². The zero-order valence-corrected chi connectivity index (χ0v) is 12.3. The Morgan fingerprint density at radius 1 is 1.39 bits per heavy atom. The van der Waals surface area contributed by atoms with Crippen LogP contribution in [-0.2, 0) is 6.54 Å². The summed E-state index contributed by atoms with van der Waals surface area (Å²) >= 11 is 1.77. The van der Waals surface area contributed by atoms with E-state index in [1.165, 1.54) is 5.56 Å². The third-order valence-corrected chi connectivity index (χ3v) is 3.99. The third-order valence-electron chi connectivity index (χ3n) is 2.49. The molecule has 1 rings (SSSR count). The molecule has 0 spiro atoms. The van der Waals surface area contributed by atoms with Crippen molar-refractivity contribution in [1.82, 2.24) is 5.32 Å². The molecule has 0 radical (unpaired) electrons. The summed E-state index contributed by atoms with van der Waals surface area (Å²) in [5.41, 5.74) is 1.99. The lowest BCUT2D eigenvalue weighted by molar-refractivity contribution is 0.675. The standard InChI is InChI=1S/C15H22N2S/c1-4-7-17-10-13-5-6-15(14(8-13)9-16)18-11-12(2)3/h5-6,8,12,17H,4,7,10-11H2,1-3H3. The van der Waals surface area contributed by atoms with Crippen LogP contribution < -0.4 is 5.32 Å². The van der Waals surface area contributed by atoms with Gasteiger partial charge in [0.2, 0.25) is 0 Å². The summed E-state index contributed by atoms with van der Waals surface area (Å²) in [5.74, 6) is 1.70. The van der Waals surface area contributed by atoms with Gasteiger partial charge in [0.25, 0.3) is 0 Å². The first-order chi connectivity index (χ1) is 8.67. The zero-order chi connectivity index (χ0) is 13.4. The van der Waals surface area contributed by atoms with Crippen molar-refractivity contribution < 1.29 is 0 Å². The highest BCUT2D eigenvalue weighted by Crippen LogP contribution is 2.25. The average molecular weight is 262 g/mol. The van der Waals surface area contributed by atoms with Gasteiger partial charge in [0.15, 0.2) is 0 Å². The van der Waals surface area contributed by atoms with Crippen molar-refractivity contribution in [1.29, 1.82) is 5.26 Å². The van der Waals surface area contributed by atoms with Gasteiger partial charge >= 0.3 is 0 Å². The van der Waals surface area contributed by atoms with Gasteiger partial charge in [-0.2, -0.15) is 5.26 Å². The molecular weight excluding hydrogens is 240 g/mol. The number of nitrogens with one attached hydrogen (secondary N) is 1. The van der Waals surface area contributed by atoms with E-state index >= 15 is 0 Å². The van der Waals surface area contributed by atoms with E-state index < -0.39 is 0 Å². The molecule has 1 aromatic carbocycles. The van der Waals surface area contributed by atoms with Crippen molar-refractivity contribution in [2.45, 2.75) is 38.6 Å². The fraction of sp³-hybridized carbons (Fsp3) is 0.533. The summed E-state index contributed by atoms with van der Waals surface area (Å²) in [7, 11) is 0. The van der Waals surface area contributed by atoms with E-state index in [1.807, 2.05) is 6.07 Å². The van der Waals surface area contributed by atoms with E-state index in [-0.39, 0.29) is 0 Å². The second-order valence-electron chi connectivity index (χ2n) is 4.82. The molecule has 0 unspecified atom stereocenters. The fourth-order valence-electron chi connectivity index (χ4n) is 1.57. The molecule has 0 fully saturated rings. The molecule has 0 saturated heterocycles. The summed E-state index contributed by atoms with van der Waals surface area (Å²) in [4.78, 5) is 1.10. The number of benzene rings is 1. The summed E-state index contributed by atoms with van der Waals surface area (Å²) in [6.45, 7) is 8.41. The SMILES string of the molecule is CCCNCc1ccc(SCC(C)C)c(C#N)c1. The highest BCUT2D eigenvalue weighted by molar-refractivity contribution is 7.99. The Bertz CT molecular complexity index is 407. The van der Waals surface area contributed by atoms with Crippen molar-refractivity contribution in [2.75, 3.05) is 12.3 Å². The Labute approximate surface area is 115 Å². The van der Waals surface area contributed by atoms with Gasteiger partial charge in [-0.3, -0.25) is 0 Å². The van der Waals surface area contributed by atoms with Crippen molar-refractivity contribution in [3.8, 4) is 6.07 Å². The molecule has 0 aliphatic rings. The lowest BCUT2D eigenvalue weighted by Crippen LogP contribution is -2.13. The van der Waals surface area contributed by atoms with Crippen LogP contribution in [0.4, 0.5) is 0 Å². The minimum absolute atomic E-state index is 0.646. The van der Waals surface area contributed by atoms with Gasteiger partial charge < -0.3 is 5.32 Å². The van der Waals surface area contributed by atoms with E-state index in [2.05, 4.69) is 44.3 Å². The Morgan fingerprint density at radius 3 is 2.78 bits per heavy atom. The molecule has 3 heteroatoms. The van der Waals surface area contributed by atoms with Crippen molar-refractivity contribution in [2.24, 2.45) is 5.92 Å². The number of rotatable bonds is 7. The van der Waals surface area contributed by atoms with Crippen LogP contribution in [0.1, 0.15) is 38.3 Å². The van der Waals surface area contributed by atoms with Crippen molar-refractivity contribution in [3.63, 3.8) is 0 Å². The number of nitrogens with zero attached hydrogens (tertiary/aromatic N) is 1. The molecule has 1 aromatic rings. The van der Waals surface area contributed by atoms with Crippen molar-refractivity contribution >= 4 is 11.8 Å². The predicted molar refractivity (Wildman–Crippen MR) is 78.7 cm³/mol. The van der Waals surface area contributed by atoms with Crippen molar-refractivity contribution in [3.05, 3.63) is 29.3 Å². The first-order valence-electron chi connectivity index (χ1n) is 6.54. The molecule has 0 saturated carbocycles. The van der Waals surface area contributed by atoms with Crippen LogP contribution in [0.5, 0.6) is 0 Å². The number of thioether (sulfide) groups is 1. The van der Waals surface area contributed by atoms with Gasteiger partial charge in [-0.15, -0.1) is 11.8 Å². The van der Waals surface area contributed by atoms with Gasteiger partial charge in [-0.1, -0.05) is 26.8 Å². The Balaban J connectivity index is 2.68. The summed E-state index contributed by atoms with van der Waals surface area (Å²) < 4.78 is 0. The monoisotopic (exact) mass is 262 g/mol. The molecule has 0 bridgehead atoms. The van der Waals surface area contributed by atoms with Crippen LogP contribution in [0.3, 0.4) is 0 Å². The molecule has 1 N–H and O–H groups in total. The molecule has 98 valence electrons. The second kappa shape index (κ2) is 8.18. The zero-order valence-electron chi connectivity index (χ0n) is 11.5. The highest BCUT2D eigenvalue weighted by Gasteiger charge is 2.05. The van der Waals surface area contributed by atoms with Gasteiger partial charge in [-0.25, -0.2) is 0 Å². The van der Waals surface area contributed by atoms with Crippen LogP contribution in [0.15, 0.2) is 23.1 Å². The lowest BCUT2D eigenvalue weighted by Gasteiger charge is -2.09. The first-order valence-corrected chi connectivity index (χ1v) is 7.52. The second-order valence-corrected chi connectivity index (χ2v) is 5.89. The molecule has 0 amide bonds. The molecule has 0 aliphatic heterocycles. The maximum Gasteiger partial charge on any atom is 0.100 e. The van der Waals surface area contributed by atoms with E-state index in [9.17, 15) is 5.26 Å². The molecule has 0 heterocycles. The van der Waals surface area contributed by atoms with Crippen LogP contribution >= 0.6 is 11.8 Å². The lowest BCUT2D eigenvalue weighted by atomic mass is 10.1. The normalized spacial score (nSPS) is 10.6. The molecule has 0 aliphatic carbocycles. The van der Waals surface area contributed by atoms with Gasteiger partial charge in [0.05, 0.1) is 5.56 Å². The number of hydrogen-bond donors (Lipinski definition) is 1.